The molecule has 0 saturated heterocycles. The minimum atomic E-state index is -0.244. The molecule has 3 N–H and O–H groups in total. The number of nitrogens with zero attached hydrogens (tertiary/aromatic N) is 2. The lowest BCUT2D eigenvalue weighted by Gasteiger charge is -2.02. The first-order valence-corrected chi connectivity index (χ1v) is 6.33. The van der Waals surface area contributed by atoms with Crippen LogP contribution in [0.25, 0.3) is 0 Å². The molecule has 2 aromatic heterocycles. The lowest BCUT2D eigenvalue weighted by atomic mass is 10.3. The molecule has 0 atom stereocenters. The Morgan fingerprint density at radius 1 is 1.53 bits per heavy atom. The third-order valence-electron chi connectivity index (χ3n) is 1.99. The average Bonchev–Trinajstić information content (AvgIpc) is 2.61. The zero-order chi connectivity index (χ0) is 12.4. The SMILES string of the molecule is Cc1nc(N)sc1C(=O)Nc1ccc(Br)cn1. The fourth-order valence-corrected chi connectivity index (χ4v) is 2.21. The van der Waals surface area contributed by atoms with Gasteiger partial charge < -0.3 is 11.1 Å². The maximum atomic E-state index is 11.9. The highest BCUT2D eigenvalue weighted by Crippen LogP contribution is 2.20. The molecule has 1 amide bonds. The van der Waals surface area contributed by atoms with Crippen molar-refractivity contribution in [2.24, 2.45) is 0 Å². The molecule has 0 unspecified atom stereocenters. The number of nitrogens with one attached hydrogen (secondary N) is 1. The van der Waals surface area contributed by atoms with E-state index in [1.807, 2.05) is 0 Å². The molecule has 0 saturated carbocycles. The molecular weight excluding hydrogens is 304 g/mol. The van der Waals surface area contributed by atoms with E-state index in [1.54, 1.807) is 25.3 Å². The Labute approximate surface area is 110 Å². The zero-order valence-electron chi connectivity index (χ0n) is 8.90. The normalized spacial score (nSPS) is 10.2. The molecule has 0 fully saturated rings. The summed E-state index contributed by atoms with van der Waals surface area (Å²) in [6.45, 7) is 1.75. The first-order chi connectivity index (χ1) is 8.06. The maximum Gasteiger partial charge on any atom is 0.268 e. The summed E-state index contributed by atoms with van der Waals surface area (Å²) in [4.78, 5) is 20.4. The van der Waals surface area contributed by atoms with Gasteiger partial charge in [-0.1, -0.05) is 11.3 Å². The number of anilines is 2. The van der Waals surface area contributed by atoms with Gasteiger partial charge in [-0.05, 0) is 35.0 Å². The number of hydrogen-bond donors (Lipinski definition) is 2. The summed E-state index contributed by atoms with van der Waals surface area (Å²) in [5.41, 5.74) is 6.16. The molecule has 0 aliphatic heterocycles. The minimum Gasteiger partial charge on any atom is -0.375 e. The largest absolute Gasteiger partial charge is 0.375 e. The van der Waals surface area contributed by atoms with Crippen molar-refractivity contribution in [3.8, 4) is 0 Å². The van der Waals surface area contributed by atoms with Crippen LogP contribution in [0.3, 0.4) is 0 Å². The van der Waals surface area contributed by atoms with Crippen molar-refractivity contribution in [1.29, 1.82) is 0 Å². The molecule has 88 valence electrons. The second kappa shape index (κ2) is 4.80. The smallest absolute Gasteiger partial charge is 0.268 e. The minimum absolute atomic E-state index is 0.244. The number of hydrogen-bond acceptors (Lipinski definition) is 5. The van der Waals surface area contributed by atoms with Crippen LogP contribution in [0.15, 0.2) is 22.8 Å². The van der Waals surface area contributed by atoms with E-state index < -0.39 is 0 Å². The van der Waals surface area contributed by atoms with Crippen LogP contribution in [0, 0.1) is 6.92 Å². The van der Waals surface area contributed by atoms with Gasteiger partial charge >= 0.3 is 0 Å². The van der Waals surface area contributed by atoms with Gasteiger partial charge in [-0.15, -0.1) is 0 Å². The Hall–Kier alpha value is -1.47. The third-order valence-corrected chi connectivity index (χ3v) is 3.44. The summed E-state index contributed by atoms with van der Waals surface area (Å²) in [5.74, 6) is 0.246. The molecular formula is C10H9BrN4OS. The number of carbonyl (C=O) groups is 1. The molecule has 17 heavy (non-hydrogen) atoms. The molecule has 7 heteroatoms. The van der Waals surface area contributed by atoms with Gasteiger partial charge in [0.1, 0.15) is 10.7 Å². The molecule has 0 spiro atoms. The topological polar surface area (TPSA) is 80.9 Å². The van der Waals surface area contributed by atoms with E-state index >= 15 is 0 Å². The molecule has 0 aliphatic rings. The van der Waals surface area contributed by atoms with E-state index in [-0.39, 0.29) is 5.91 Å². The number of aromatic nitrogens is 2. The van der Waals surface area contributed by atoms with Crippen molar-refractivity contribution in [3.63, 3.8) is 0 Å². The van der Waals surface area contributed by atoms with Crippen LogP contribution in [0.1, 0.15) is 15.4 Å². The zero-order valence-corrected chi connectivity index (χ0v) is 11.3. The van der Waals surface area contributed by atoms with Crippen molar-refractivity contribution in [3.05, 3.63) is 33.4 Å². The fraction of sp³-hybridized carbons (Fsp3) is 0.100. The summed E-state index contributed by atoms with van der Waals surface area (Å²) in [7, 11) is 0. The Morgan fingerprint density at radius 3 is 2.82 bits per heavy atom. The lowest BCUT2D eigenvalue weighted by Crippen LogP contribution is -2.12. The first-order valence-electron chi connectivity index (χ1n) is 4.72. The van der Waals surface area contributed by atoms with Gasteiger partial charge in [0.25, 0.3) is 5.91 Å². The van der Waals surface area contributed by atoms with Gasteiger partial charge in [0.05, 0.1) is 5.69 Å². The number of amides is 1. The number of nitrogen functional groups attached to an aromatic ring is 1. The first kappa shape index (κ1) is 12.0. The van der Waals surface area contributed by atoms with E-state index in [2.05, 4.69) is 31.2 Å². The van der Waals surface area contributed by atoms with Crippen molar-refractivity contribution < 1.29 is 4.79 Å². The van der Waals surface area contributed by atoms with E-state index in [1.165, 1.54) is 0 Å². The van der Waals surface area contributed by atoms with Crippen LogP contribution in [-0.4, -0.2) is 15.9 Å². The highest BCUT2D eigenvalue weighted by atomic mass is 79.9. The summed E-state index contributed by atoms with van der Waals surface area (Å²) >= 11 is 4.43. The van der Waals surface area contributed by atoms with Gasteiger partial charge in [0, 0.05) is 10.7 Å². The monoisotopic (exact) mass is 312 g/mol. The molecule has 0 radical (unpaired) electrons. The molecule has 2 rings (SSSR count). The molecule has 0 aromatic carbocycles. The Balaban J connectivity index is 2.17. The van der Waals surface area contributed by atoms with Gasteiger partial charge in [-0.2, -0.15) is 0 Å². The van der Waals surface area contributed by atoms with Gasteiger partial charge in [0.15, 0.2) is 5.13 Å². The Morgan fingerprint density at radius 2 is 2.29 bits per heavy atom. The lowest BCUT2D eigenvalue weighted by molar-refractivity contribution is 0.102. The quantitative estimate of drug-likeness (QED) is 0.892. The van der Waals surface area contributed by atoms with Crippen molar-refractivity contribution in [2.75, 3.05) is 11.1 Å². The van der Waals surface area contributed by atoms with E-state index in [0.717, 1.165) is 15.8 Å². The Kier molecular flexibility index (Phi) is 3.39. The van der Waals surface area contributed by atoms with Crippen LogP contribution in [0.5, 0.6) is 0 Å². The number of pyridine rings is 1. The van der Waals surface area contributed by atoms with Crippen LogP contribution in [0.4, 0.5) is 10.9 Å². The molecule has 5 nitrogen and oxygen atoms in total. The second-order valence-corrected chi connectivity index (χ2v) is 5.23. The summed E-state index contributed by atoms with van der Waals surface area (Å²) < 4.78 is 0.855. The highest BCUT2D eigenvalue weighted by Gasteiger charge is 2.14. The third kappa shape index (κ3) is 2.80. The molecule has 2 heterocycles. The molecule has 0 bridgehead atoms. The Bertz CT molecular complexity index is 552. The van der Waals surface area contributed by atoms with Gasteiger partial charge in [-0.25, -0.2) is 9.97 Å². The highest BCUT2D eigenvalue weighted by molar-refractivity contribution is 9.10. The molecule has 0 aliphatic carbocycles. The van der Waals surface area contributed by atoms with Crippen LogP contribution in [-0.2, 0) is 0 Å². The summed E-state index contributed by atoms with van der Waals surface area (Å²) in [5, 5.41) is 3.07. The number of rotatable bonds is 2. The number of aryl methyl sites for hydroxylation is 1. The van der Waals surface area contributed by atoms with Gasteiger partial charge in [-0.3, -0.25) is 4.79 Å². The number of thiazole rings is 1. The second-order valence-electron chi connectivity index (χ2n) is 3.28. The number of nitrogens with two attached hydrogens (primary N) is 1. The average molecular weight is 313 g/mol. The predicted octanol–water partition coefficient (Wildman–Crippen LogP) is 2.44. The molecule has 2 aromatic rings. The number of halogens is 1. The van der Waals surface area contributed by atoms with E-state index in [4.69, 9.17) is 5.73 Å². The summed E-state index contributed by atoms with van der Waals surface area (Å²) in [6, 6.07) is 3.51. The van der Waals surface area contributed by atoms with Crippen LogP contribution >= 0.6 is 27.3 Å². The maximum absolute atomic E-state index is 11.9. The predicted molar refractivity (Wildman–Crippen MR) is 71.2 cm³/mol. The van der Waals surface area contributed by atoms with Crippen molar-refractivity contribution in [2.45, 2.75) is 6.92 Å². The number of carbonyl (C=O) groups excluding carboxylic acids is 1. The van der Waals surface area contributed by atoms with Gasteiger partial charge in [0.2, 0.25) is 0 Å². The standard InChI is InChI=1S/C10H9BrN4OS/c1-5-8(17-10(12)14-5)9(16)15-7-3-2-6(11)4-13-7/h2-4H,1H3,(H2,12,14)(H,13,15,16). The van der Waals surface area contributed by atoms with Crippen LogP contribution < -0.4 is 11.1 Å². The van der Waals surface area contributed by atoms with E-state index in [9.17, 15) is 4.79 Å². The summed E-state index contributed by atoms with van der Waals surface area (Å²) in [6.07, 6.45) is 1.61. The van der Waals surface area contributed by atoms with Crippen LogP contribution in [0.2, 0.25) is 0 Å². The van der Waals surface area contributed by atoms with Crippen molar-refractivity contribution in [1.82, 2.24) is 9.97 Å². The van der Waals surface area contributed by atoms with Crippen molar-refractivity contribution >= 4 is 44.1 Å². The van der Waals surface area contributed by atoms with E-state index in [0.29, 0.717) is 21.5 Å². The fourth-order valence-electron chi connectivity index (χ4n) is 1.25.